The van der Waals surface area contributed by atoms with Gasteiger partial charge in [0.25, 0.3) is 11.7 Å². The highest BCUT2D eigenvalue weighted by molar-refractivity contribution is 6.11. The molecule has 1 heterocycles. The van der Waals surface area contributed by atoms with Crippen LogP contribution in [0.15, 0.2) is 42.5 Å². The third-order valence-electron chi connectivity index (χ3n) is 4.30. The highest BCUT2D eigenvalue weighted by Crippen LogP contribution is 2.25. The van der Waals surface area contributed by atoms with Gasteiger partial charge in [-0.15, -0.1) is 0 Å². The molecule has 1 fully saturated rings. The molecule has 1 aliphatic heterocycles. The van der Waals surface area contributed by atoms with Crippen molar-refractivity contribution < 1.29 is 18.4 Å². The molecule has 1 aliphatic rings. The maximum Gasteiger partial charge on any atom is 0.264 e. The van der Waals surface area contributed by atoms with Crippen LogP contribution in [0.1, 0.15) is 27.1 Å². The Labute approximate surface area is 148 Å². The van der Waals surface area contributed by atoms with Gasteiger partial charge < -0.3 is 10.2 Å². The Morgan fingerprint density at radius 2 is 1.92 bits per heavy atom. The topological polar surface area (TPSA) is 73.2 Å². The van der Waals surface area contributed by atoms with Gasteiger partial charge in [0.05, 0.1) is 5.56 Å². The maximum atomic E-state index is 13.3. The van der Waals surface area contributed by atoms with Gasteiger partial charge in [0.15, 0.2) is 11.6 Å². The van der Waals surface area contributed by atoms with Crippen LogP contribution in [0.5, 0.6) is 0 Å². The predicted octanol–water partition coefficient (Wildman–Crippen LogP) is 2.68. The van der Waals surface area contributed by atoms with Crippen LogP contribution in [0.4, 0.5) is 14.5 Å². The number of nitrogens with zero attached hydrogens (tertiary/aromatic N) is 2. The van der Waals surface area contributed by atoms with E-state index in [0.717, 1.165) is 12.1 Å². The van der Waals surface area contributed by atoms with E-state index < -0.39 is 23.3 Å². The first-order valence-electron chi connectivity index (χ1n) is 8.04. The van der Waals surface area contributed by atoms with E-state index in [9.17, 15) is 18.4 Å². The second-order valence-corrected chi connectivity index (χ2v) is 5.99. The van der Waals surface area contributed by atoms with Crippen LogP contribution in [0.2, 0.25) is 0 Å². The smallest absolute Gasteiger partial charge is 0.264 e. The van der Waals surface area contributed by atoms with E-state index in [1.807, 2.05) is 4.90 Å². The molecule has 26 heavy (non-hydrogen) atoms. The molecule has 1 amide bonds. The zero-order valence-electron chi connectivity index (χ0n) is 13.7. The second-order valence-electron chi connectivity index (χ2n) is 5.99. The summed E-state index contributed by atoms with van der Waals surface area (Å²) in [4.78, 5) is 25.9. The summed E-state index contributed by atoms with van der Waals surface area (Å²) in [5.74, 6) is -3.19. The van der Waals surface area contributed by atoms with Crippen LogP contribution in [-0.4, -0.2) is 30.8 Å². The van der Waals surface area contributed by atoms with Crippen molar-refractivity contribution in [3.8, 4) is 6.07 Å². The summed E-state index contributed by atoms with van der Waals surface area (Å²) in [5.41, 5.74) is 1.01. The zero-order valence-corrected chi connectivity index (χ0v) is 13.7. The summed E-state index contributed by atoms with van der Waals surface area (Å²) >= 11 is 0. The molecular weight excluding hydrogens is 340 g/mol. The molecule has 0 unspecified atom stereocenters. The summed E-state index contributed by atoms with van der Waals surface area (Å²) in [6.45, 7) is 1.05. The highest BCUT2D eigenvalue weighted by atomic mass is 19.2. The van der Waals surface area contributed by atoms with Crippen LogP contribution in [-0.2, 0) is 0 Å². The van der Waals surface area contributed by atoms with Gasteiger partial charge in [-0.2, -0.15) is 5.26 Å². The quantitative estimate of drug-likeness (QED) is 0.676. The number of benzene rings is 2. The molecule has 2 aromatic rings. The summed E-state index contributed by atoms with van der Waals surface area (Å²) in [6, 6.07) is 11.2. The van der Waals surface area contributed by atoms with Crippen molar-refractivity contribution in [3.05, 3.63) is 65.2 Å². The number of halogens is 2. The van der Waals surface area contributed by atoms with E-state index in [2.05, 4.69) is 5.32 Å². The summed E-state index contributed by atoms with van der Waals surface area (Å²) in [6.07, 6.45) is 0.629. The average Bonchev–Trinajstić information content (AvgIpc) is 3.11. The number of nitrogens with one attached hydrogen (secondary N) is 1. The third-order valence-corrected chi connectivity index (χ3v) is 4.30. The van der Waals surface area contributed by atoms with E-state index in [4.69, 9.17) is 5.26 Å². The first kappa shape index (κ1) is 17.5. The Hall–Kier alpha value is -3.27. The minimum absolute atomic E-state index is 0.0439. The molecule has 3 rings (SSSR count). The average molecular weight is 355 g/mol. The predicted molar refractivity (Wildman–Crippen MR) is 90.8 cm³/mol. The van der Waals surface area contributed by atoms with Crippen molar-refractivity contribution >= 4 is 17.4 Å². The minimum atomic E-state index is -1.07. The van der Waals surface area contributed by atoms with Crippen LogP contribution >= 0.6 is 0 Å². The van der Waals surface area contributed by atoms with Crippen molar-refractivity contribution in [2.45, 2.75) is 12.5 Å². The number of rotatable bonds is 4. The van der Waals surface area contributed by atoms with Crippen molar-refractivity contribution in [3.63, 3.8) is 0 Å². The Kier molecular flexibility index (Phi) is 4.94. The summed E-state index contributed by atoms with van der Waals surface area (Å²) in [5, 5.41) is 11.6. The fourth-order valence-corrected chi connectivity index (χ4v) is 3.00. The lowest BCUT2D eigenvalue weighted by molar-refractivity contribution is 0.0939. The van der Waals surface area contributed by atoms with Gasteiger partial charge in [-0.3, -0.25) is 9.59 Å². The number of amides is 1. The highest BCUT2D eigenvalue weighted by Gasteiger charge is 2.27. The lowest BCUT2D eigenvalue weighted by Crippen LogP contribution is -2.37. The van der Waals surface area contributed by atoms with E-state index >= 15 is 0 Å². The van der Waals surface area contributed by atoms with Gasteiger partial charge in [0, 0.05) is 30.4 Å². The lowest BCUT2D eigenvalue weighted by Gasteiger charge is -2.21. The molecule has 0 spiro atoms. The van der Waals surface area contributed by atoms with Gasteiger partial charge in [0.1, 0.15) is 6.07 Å². The fourth-order valence-electron chi connectivity index (χ4n) is 3.00. The van der Waals surface area contributed by atoms with E-state index in [1.165, 1.54) is 6.07 Å². The number of anilines is 1. The number of ketones is 1. The standard InChI is InChI=1S/C19H15F2N3O2/c20-15-6-5-12(9-16(15)21)19(26)23-13-7-8-24(11-13)17-4-2-1-3-14(17)18(25)10-22/h1-6,9,13H,7-8,11H2,(H,23,26)/t13-/m0/s1. The lowest BCUT2D eigenvalue weighted by atomic mass is 10.1. The number of nitriles is 1. The van der Waals surface area contributed by atoms with E-state index in [0.29, 0.717) is 30.8 Å². The summed E-state index contributed by atoms with van der Waals surface area (Å²) in [7, 11) is 0. The molecule has 0 radical (unpaired) electrons. The summed E-state index contributed by atoms with van der Waals surface area (Å²) < 4.78 is 26.2. The number of carbonyl (C=O) groups is 2. The van der Waals surface area contributed by atoms with Crippen molar-refractivity contribution in [1.82, 2.24) is 5.32 Å². The van der Waals surface area contributed by atoms with Gasteiger partial charge in [-0.1, -0.05) is 12.1 Å². The first-order chi connectivity index (χ1) is 12.5. The zero-order chi connectivity index (χ0) is 18.7. The molecule has 0 bridgehead atoms. The molecule has 7 heteroatoms. The number of hydrogen-bond donors (Lipinski definition) is 1. The van der Waals surface area contributed by atoms with Crippen LogP contribution < -0.4 is 10.2 Å². The Morgan fingerprint density at radius 1 is 1.15 bits per heavy atom. The third kappa shape index (κ3) is 3.54. The molecule has 0 aliphatic carbocycles. The van der Waals surface area contributed by atoms with Gasteiger partial charge >= 0.3 is 0 Å². The molecule has 0 saturated carbocycles. The normalized spacial score (nSPS) is 16.2. The second kappa shape index (κ2) is 7.31. The molecule has 5 nitrogen and oxygen atoms in total. The number of Topliss-reactive ketones (excluding diaryl/α,β-unsaturated/α-hetero) is 1. The Balaban J connectivity index is 1.70. The first-order valence-corrected chi connectivity index (χ1v) is 8.04. The van der Waals surface area contributed by atoms with Crippen LogP contribution in [0, 0.1) is 23.0 Å². The number of para-hydroxylation sites is 1. The van der Waals surface area contributed by atoms with Crippen molar-refractivity contribution in [2.75, 3.05) is 18.0 Å². The van der Waals surface area contributed by atoms with Crippen LogP contribution in [0.25, 0.3) is 0 Å². The largest absolute Gasteiger partial charge is 0.369 e. The Bertz CT molecular complexity index is 908. The minimum Gasteiger partial charge on any atom is -0.369 e. The molecule has 1 atom stereocenters. The number of carbonyl (C=O) groups excluding carboxylic acids is 2. The Morgan fingerprint density at radius 3 is 2.65 bits per heavy atom. The van der Waals surface area contributed by atoms with E-state index in [-0.39, 0.29) is 11.6 Å². The fraction of sp³-hybridized carbons (Fsp3) is 0.211. The molecule has 1 saturated heterocycles. The van der Waals surface area contributed by atoms with Gasteiger partial charge in [-0.25, -0.2) is 8.78 Å². The molecule has 0 aromatic heterocycles. The maximum absolute atomic E-state index is 13.3. The van der Waals surface area contributed by atoms with Gasteiger partial charge in [-0.05, 0) is 36.8 Å². The van der Waals surface area contributed by atoms with Gasteiger partial charge in [0.2, 0.25) is 0 Å². The number of hydrogen-bond acceptors (Lipinski definition) is 4. The molecule has 1 N–H and O–H groups in total. The van der Waals surface area contributed by atoms with Crippen LogP contribution in [0.3, 0.4) is 0 Å². The molecule has 132 valence electrons. The van der Waals surface area contributed by atoms with E-state index in [1.54, 1.807) is 30.3 Å². The SMILES string of the molecule is N#CC(=O)c1ccccc1N1CC[C@H](NC(=O)c2ccc(F)c(F)c2)C1. The molecule has 2 aromatic carbocycles. The van der Waals surface area contributed by atoms with Crippen molar-refractivity contribution in [1.29, 1.82) is 5.26 Å². The monoisotopic (exact) mass is 355 g/mol. The molecular formula is C19H15F2N3O2. The van der Waals surface area contributed by atoms with Crippen molar-refractivity contribution in [2.24, 2.45) is 0 Å².